The van der Waals surface area contributed by atoms with Gasteiger partial charge in [-0.3, -0.25) is 4.79 Å². The van der Waals surface area contributed by atoms with Gasteiger partial charge in [0, 0.05) is 18.9 Å². The summed E-state index contributed by atoms with van der Waals surface area (Å²) in [4.78, 5) is 12.1. The van der Waals surface area contributed by atoms with Crippen LogP contribution >= 0.6 is 11.6 Å². The highest BCUT2D eigenvalue weighted by Gasteiger charge is 2.20. The van der Waals surface area contributed by atoms with E-state index >= 15 is 0 Å². The molecule has 0 radical (unpaired) electrons. The minimum absolute atomic E-state index is 0.0210. The molecule has 2 N–H and O–H groups in total. The van der Waals surface area contributed by atoms with Gasteiger partial charge in [-0.15, -0.1) is 0 Å². The molecule has 1 rings (SSSR count). The standard InChI is InChI=1S/C14H19ClFNO/c1-9(2)6-11(8-17)13(18)7-10-4-3-5-12(15)14(10)16/h3-5,9,11H,6-8,17H2,1-2H3. The smallest absolute Gasteiger partial charge is 0.145 e. The van der Waals surface area contributed by atoms with E-state index in [0.717, 1.165) is 6.42 Å². The van der Waals surface area contributed by atoms with Gasteiger partial charge in [-0.05, 0) is 24.0 Å². The number of hydrogen-bond acceptors (Lipinski definition) is 2. The topological polar surface area (TPSA) is 43.1 Å². The number of ketones is 1. The van der Waals surface area contributed by atoms with Crippen LogP contribution in [-0.2, 0) is 11.2 Å². The van der Waals surface area contributed by atoms with Crippen LogP contribution in [0.3, 0.4) is 0 Å². The number of carbonyl (C=O) groups excluding carboxylic acids is 1. The fraction of sp³-hybridized carbons (Fsp3) is 0.500. The van der Waals surface area contributed by atoms with Gasteiger partial charge in [0.1, 0.15) is 11.6 Å². The lowest BCUT2D eigenvalue weighted by molar-refractivity contribution is -0.122. The Morgan fingerprint density at radius 1 is 1.44 bits per heavy atom. The zero-order chi connectivity index (χ0) is 13.7. The Morgan fingerprint density at radius 3 is 2.67 bits per heavy atom. The second kappa shape index (κ2) is 6.86. The second-order valence-electron chi connectivity index (χ2n) is 4.92. The molecule has 0 aliphatic carbocycles. The lowest BCUT2D eigenvalue weighted by Gasteiger charge is -2.16. The highest BCUT2D eigenvalue weighted by molar-refractivity contribution is 6.30. The van der Waals surface area contributed by atoms with Gasteiger partial charge in [0.05, 0.1) is 5.02 Å². The molecule has 4 heteroatoms. The van der Waals surface area contributed by atoms with E-state index in [-0.39, 0.29) is 23.1 Å². The molecule has 0 heterocycles. The summed E-state index contributed by atoms with van der Waals surface area (Å²) in [6.07, 6.45) is 0.790. The summed E-state index contributed by atoms with van der Waals surface area (Å²) in [5.74, 6) is -0.338. The van der Waals surface area contributed by atoms with Gasteiger partial charge < -0.3 is 5.73 Å². The molecule has 0 aliphatic heterocycles. The van der Waals surface area contributed by atoms with Crippen molar-refractivity contribution in [2.45, 2.75) is 26.7 Å². The lowest BCUT2D eigenvalue weighted by Crippen LogP contribution is -2.26. The number of halogens is 2. The van der Waals surface area contributed by atoms with Gasteiger partial charge in [0.25, 0.3) is 0 Å². The first kappa shape index (κ1) is 15.1. The van der Waals surface area contributed by atoms with Crippen LogP contribution in [0.2, 0.25) is 5.02 Å². The molecule has 100 valence electrons. The first-order valence-electron chi connectivity index (χ1n) is 6.11. The van der Waals surface area contributed by atoms with E-state index in [0.29, 0.717) is 18.0 Å². The molecule has 1 aromatic rings. The lowest BCUT2D eigenvalue weighted by atomic mass is 9.90. The minimum atomic E-state index is -0.507. The third-order valence-electron chi connectivity index (χ3n) is 2.89. The molecule has 0 bridgehead atoms. The van der Waals surface area contributed by atoms with Crippen LogP contribution in [0.25, 0.3) is 0 Å². The van der Waals surface area contributed by atoms with E-state index in [2.05, 4.69) is 0 Å². The molecule has 0 saturated carbocycles. The largest absolute Gasteiger partial charge is 0.330 e. The van der Waals surface area contributed by atoms with Crippen molar-refractivity contribution >= 4 is 17.4 Å². The predicted octanol–water partition coefficient (Wildman–Crippen LogP) is 3.21. The molecule has 1 aromatic carbocycles. The summed E-state index contributed by atoms with van der Waals surface area (Å²) >= 11 is 5.68. The van der Waals surface area contributed by atoms with Crippen molar-refractivity contribution in [2.75, 3.05) is 6.54 Å². The zero-order valence-electron chi connectivity index (χ0n) is 10.7. The monoisotopic (exact) mass is 271 g/mol. The van der Waals surface area contributed by atoms with Gasteiger partial charge in [0.2, 0.25) is 0 Å². The van der Waals surface area contributed by atoms with E-state index in [1.54, 1.807) is 12.1 Å². The van der Waals surface area contributed by atoms with Crippen LogP contribution in [0, 0.1) is 17.7 Å². The van der Waals surface area contributed by atoms with Crippen LogP contribution in [0.15, 0.2) is 18.2 Å². The van der Waals surface area contributed by atoms with E-state index < -0.39 is 5.82 Å². The quantitative estimate of drug-likeness (QED) is 0.863. The number of nitrogens with two attached hydrogens (primary N) is 1. The minimum Gasteiger partial charge on any atom is -0.330 e. The van der Waals surface area contributed by atoms with Crippen molar-refractivity contribution in [3.8, 4) is 0 Å². The van der Waals surface area contributed by atoms with Crippen molar-refractivity contribution in [2.24, 2.45) is 17.6 Å². The average molecular weight is 272 g/mol. The third kappa shape index (κ3) is 4.07. The fourth-order valence-electron chi connectivity index (χ4n) is 1.95. The van der Waals surface area contributed by atoms with Gasteiger partial charge in [-0.25, -0.2) is 4.39 Å². The number of carbonyl (C=O) groups is 1. The van der Waals surface area contributed by atoms with Crippen molar-refractivity contribution in [1.29, 1.82) is 0 Å². The Hall–Kier alpha value is -0.930. The van der Waals surface area contributed by atoms with Crippen LogP contribution in [0.5, 0.6) is 0 Å². The molecule has 18 heavy (non-hydrogen) atoms. The molecular weight excluding hydrogens is 253 g/mol. The molecule has 0 fully saturated rings. The summed E-state index contributed by atoms with van der Waals surface area (Å²) in [6, 6.07) is 4.70. The van der Waals surface area contributed by atoms with Crippen molar-refractivity contribution in [3.63, 3.8) is 0 Å². The van der Waals surface area contributed by atoms with Crippen LogP contribution in [0.1, 0.15) is 25.8 Å². The molecule has 0 spiro atoms. The normalized spacial score (nSPS) is 12.8. The molecule has 0 aromatic heterocycles. The Kier molecular flexibility index (Phi) is 5.76. The molecule has 0 saturated heterocycles. The predicted molar refractivity (Wildman–Crippen MR) is 72.1 cm³/mol. The Balaban J connectivity index is 2.77. The molecular formula is C14H19ClFNO. The van der Waals surface area contributed by atoms with Crippen LogP contribution < -0.4 is 5.73 Å². The maximum absolute atomic E-state index is 13.7. The molecule has 0 amide bonds. The zero-order valence-corrected chi connectivity index (χ0v) is 11.5. The molecule has 0 aliphatic rings. The maximum Gasteiger partial charge on any atom is 0.145 e. The Labute approximate surface area is 112 Å². The average Bonchev–Trinajstić information content (AvgIpc) is 2.31. The second-order valence-corrected chi connectivity index (χ2v) is 5.33. The van der Waals surface area contributed by atoms with Crippen molar-refractivity contribution < 1.29 is 9.18 Å². The summed E-state index contributed by atoms with van der Waals surface area (Å²) < 4.78 is 13.7. The van der Waals surface area contributed by atoms with E-state index in [1.165, 1.54) is 6.07 Å². The number of Topliss-reactive ketones (excluding diaryl/α,β-unsaturated/α-hetero) is 1. The molecule has 2 nitrogen and oxygen atoms in total. The van der Waals surface area contributed by atoms with E-state index in [9.17, 15) is 9.18 Å². The van der Waals surface area contributed by atoms with E-state index in [4.69, 9.17) is 17.3 Å². The van der Waals surface area contributed by atoms with Gasteiger partial charge >= 0.3 is 0 Å². The summed E-state index contributed by atoms with van der Waals surface area (Å²) in [5.41, 5.74) is 5.95. The third-order valence-corrected chi connectivity index (χ3v) is 3.18. The van der Waals surface area contributed by atoms with Crippen LogP contribution in [0.4, 0.5) is 4.39 Å². The first-order chi connectivity index (χ1) is 8.45. The van der Waals surface area contributed by atoms with E-state index in [1.807, 2.05) is 13.8 Å². The highest BCUT2D eigenvalue weighted by Crippen LogP contribution is 2.20. The molecule has 1 atom stereocenters. The number of benzene rings is 1. The Morgan fingerprint density at radius 2 is 2.11 bits per heavy atom. The number of rotatable bonds is 6. The maximum atomic E-state index is 13.7. The van der Waals surface area contributed by atoms with Gasteiger partial charge in [-0.1, -0.05) is 37.6 Å². The van der Waals surface area contributed by atoms with Crippen molar-refractivity contribution in [3.05, 3.63) is 34.6 Å². The summed E-state index contributed by atoms with van der Waals surface area (Å²) in [5, 5.41) is 0.0495. The fourth-order valence-corrected chi connectivity index (χ4v) is 2.14. The SMILES string of the molecule is CC(C)CC(CN)C(=O)Cc1cccc(Cl)c1F. The Bertz CT molecular complexity index is 420. The van der Waals surface area contributed by atoms with Gasteiger partial charge in [-0.2, -0.15) is 0 Å². The summed E-state index contributed by atoms with van der Waals surface area (Å²) in [7, 11) is 0. The first-order valence-corrected chi connectivity index (χ1v) is 6.49. The molecule has 1 unspecified atom stereocenters. The van der Waals surface area contributed by atoms with Crippen LogP contribution in [-0.4, -0.2) is 12.3 Å². The summed E-state index contributed by atoms with van der Waals surface area (Å²) in [6.45, 7) is 4.38. The highest BCUT2D eigenvalue weighted by atomic mass is 35.5. The van der Waals surface area contributed by atoms with Gasteiger partial charge in [0.15, 0.2) is 0 Å². The van der Waals surface area contributed by atoms with Crippen molar-refractivity contribution in [1.82, 2.24) is 0 Å². The number of hydrogen-bond donors (Lipinski definition) is 1.